The molecule has 0 radical (unpaired) electrons. The highest BCUT2D eigenvalue weighted by Gasteiger charge is 2.21. The zero-order valence-corrected chi connectivity index (χ0v) is 9.43. The molecule has 0 aliphatic heterocycles. The molecule has 0 saturated carbocycles. The number of nitrogens with zero attached hydrogens (tertiary/aromatic N) is 1. The molecule has 0 atom stereocenters. The van der Waals surface area contributed by atoms with Gasteiger partial charge in [0, 0.05) is 11.1 Å². The predicted octanol–water partition coefficient (Wildman–Crippen LogP) is 3.52. The molecule has 1 aromatic rings. The molecule has 0 amide bonds. The first-order valence-corrected chi connectivity index (χ1v) is 5.28. The fourth-order valence-corrected chi connectivity index (χ4v) is 1.54. The SMILES string of the molecule is C=Cc1cc(C(C)(C)CCCC)[nH]n1. The van der Waals surface area contributed by atoms with Gasteiger partial charge in [-0.05, 0) is 18.6 Å². The largest absolute Gasteiger partial charge is 0.281 e. The fraction of sp³-hybridized carbons (Fsp3) is 0.583. The smallest absolute Gasteiger partial charge is 0.0845 e. The van der Waals surface area contributed by atoms with E-state index in [1.807, 2.05) is 0 Å². The molecule has 78 valence electrons. The maximum Gasteiger partial charge on any atom is 0.0845 e. The summed E-state index contributed by atoms with van der Waals surface area (Å²) in [5, 5.41) is 7.25. The summed E-state index contributed by atoms with van der Waals surface area (Å²) in [4.78, 5) is 0. The van der Waals surface area contributed by atoms with Crippen LogP contribution in [0, 0.1) is 0 Å². The van der Waals surface area contributed by atoms with Gasteiger partial charge in [0.15, 0.2) is 0 Å². The van der Waals surface area contributed by atoms with E-state index in [2.05, 4.69) is 43.6 Å². The lowest BCUT2D eigenvalue weighted by Gasteiger charge is -2.22. The van der Waals surface area contributed by atoms with Crippen LogP contribution >= 0.6 is 0 Å². The number of aromatic amines is 1. The van der Waals surface area contributed by atoms with Crippen molar-refractivity contribution in [3.05, 3.63) is 24.0 Å². The topological polar surface area (TPSA) is 28.7 Å². The van der Waals surface area contributed by atoms with E-state index in [9.17, 15) is 0 Å². The van der Waals surface area contributed by atoms with E-state index in [0.717, 1.165) is 5.69 Å². The minimum absolute atomic E-state index is 0.199. The lowest BCUT2D eigenvalue weighted by Crippen LogP contribution is -2.17. The number of rotatable bonds is 5. The predicted molar refractivity (Wildman–Crippen MR) is 61.2 cm³/mol. The molecule has 1 N–H and O–H groups in total. The number of H-pyrrole nitrogens is 1. The van der Waals surface area contributed by atoms with E-state index >= 15 is 0 Å². The molecule has 1 aromatic heterocycles. The first-order valence-electron chi connectivity index (χ1n) is 5.28. The van der Waals surface area contributed by atoms with Crippen LogP contribution in [-0.2, 0) is 5.41 Å². The van der Waals surface area contributed by atoms with Crippen molar-refractivity contribution in [2.45, 2.75) is 45.4 Å². The summed E-state index contributed by atoms with van der Waals surface area (Å²) in [6.07, 6.45) is 5.47. The first-order chi connectivity index (χ1) is 6.60. The van der Waals surface area contributed by atoms with E-state index < -0.39 is 0 Å². The fourth-order valence-electron chi connectivity index (χ4n) is 1.54. The highest BCUT2D eigenvalue weighted by Crippen LogP contribution is 2.27. The average molecular weight is 192 g/mol. The summed E-state index contributed by atoms with van der Waals surface area (Å²) in [7, 11) is 0. The second-order valence-electron chi connectivity index (χ2n) is 4.40. The van der Waals surface area contributed by atoms with Gasteiger partial charge in [0.25, 0.3) is 0 Å². The molecule has 0 spiro atoms. The van der Waals surface area contributed by atoms with Crippen LogP contribution in [0.1, 0.15) is 51.4 Å². The van der Waals surface area contributed by atoms with Gasteiger partial charge in [-0.15, -0.1) is 0 Å². The summed E-state index contributed by atoms with van der Waals surface area (Å²) in [5.74, 6) is 0. The van der Waals surface area contributed by atoms with Crippen molar-refractivity contribution in [1.29, 1.82) is 0 Å². The van der Waals surface area contributed by atoms with Gasteiger partial charge in [0.2, 0.25) is 0 Å². The van der Waals surface area contributed by atoms with Crippen molar-refractivity contribution in [3.8, 4) is 0 Å². The van der Waals surface area contributed by atoms with Gasteiger partial charge < -0.3 is 0 Å². The Hall–Kier alpha value is -1.05. The number of hydrogen-bond donors (Lipinski definition) is 1. The molecule has 2 heteroatoms. The Morgan fingerprint density at radius 2 is 2.29 bits per heavy atom. The third kappa shape index (κ3) is 2.47. The lowest BCUT2D eigenvalue weighted by atomic mass is 9.84. The Labute approximate surface area is 86.4 Å². The first kappa shape index (κ1) is 11.0. The van der Waals surface area contributed by atoms with E-state index in [1.165, 1.54) is 25.0 Å². The van der Waals surface area contributed by atoms with Crippen LogP contribution in [-0.4, -0.2) is 10.2 Å². The minimum atomic E-state index is 0.199. The minimum Gasteiger partial charge on any atom is -0.281 e. The molecule has 0 saturated heterocycles. The molecule has 0 bridgehead atoms. The molecule has 0 unspecified atom stereocenters. The zero-order valence-electron chi connectivity index (χ0n) is 9.43. The maximum absolute atomic E-state index is 4.17. The van der Waals surface area contributed by atoms with E-state index in [1.54, 1.807) is 6.08 Å². The number of unbranched alkanes of at least 4 members (excludes halogenated alkanes) is 1. The third-order valence-corrected chi connectivity index (χ3v) is 2.69. The summed E-state index contributed by atoms with van der Waals surface area (Å²) in [6.45, 7) is 10.4. The van der Waals surface area contributed by atoms with E-state index in [-0.39, 0.29) is 5.41 Å². The quantitative estimate of drug-likeness (QED) is 0.759. The normalized spacial score (nSPS) is 11.6. The molecule has 2 nitrogen and oxygen atoms in total. The van der Waals surface area contributed by atoms with Crippen LogP contribution in [0.5, 0.6) is 0 Å². The van der Waals surface area contributed by atoms with E-state index in [0.29, 0.717) is 0 Å². The maximum atomic E-state index is 4.17. The molecule has 0 aromatic carbocycles. The Morgan fingerprint density at radius 1 is 1.57 bits per heavy atom. The van der Waals surface area contributed by atoms with Gasteiger partial charge in [-0.1, -0.05) is 40.2 Å². The Balaban J connectivity index is 2.75. The highest BCUT2D eigenvalue weighted by molar-refractivity contribution is 5.42. The molecular formula is C12H20N2. The van der Waals surface area contributed by atoms with Crippen LogP contribution < -0.4 is 0 Å². The second-order valence-corrected chi connectivity index (χ2v) is 4.40. The van der Waals surface area contributed by atoms with Gasteiger partial charge >= 0.3 is 0 Å². The van der Waals surface area contributed by atoms with Crippen LogP contribution in [0.3, 0.4) is 0 Å². The van der Waals surface area contributed by atoms with Gasteiger partial charge in [-0.25, -0.2) is 0 Å². The lowest BCUT2D eigenvalue weighted by molar-refractivity contribution is 0.445. The second kappa shape index (κ2) is 4.45. The number of aromatic nitrogens is 2. The molecular weight excluding hydrogens is 172 g/mol. The van der Waals surface area contributed by atoms with Crippen molar-refractivity contribution < 1.29 is 0 Å². The summed E-state index contributed by atoms with van der Waals surface area (Å²) in [5.41, 5.74) is 2.34. The van der Waals surface area contributed by atoms with Crippen LogP contribution in [0.2, 0.25) is 0 Å². The van der Waals surface area contributed by atoms with Crippen LogP contribution in [0.4, 0.5) is 0 Å². The zero-order chi connectivity index (χ0) is 10.6. The van der Waals surface area contributed by atoms with Crippen LogP contribution in [0.25, 0.3) is 6.08 Å². The van der Waals surface area contributed by atoms with Crippen molar-refractivity contribution >= 4 is 6.08 Å². The van der Waals surface area contributed by atoms with Gasteiger partial charge in [-0.3, -0.25) is 5.10 Å². The van der Waals surface area contributed by atoms with Gasteiger partial charge in [0.05, 0.1) is 5.69 Å². The van der Waals surface area contributed by atoms with Gasteiger partial charge in [-0.2, -0.15) is 5.10 Å². The molecule has 0 fully saturated rings. The Morgan fingerprint density at radius 3 is 2.79 bits per heavy atom. The van der Waals surface area contributed by atoms with Crippen LogP contribution in [0.15, 0.2) is 12.6 Å². The van der Waals surface area contributed by atoms with Crippen molar-refractivity contribution in [1.82, 2.24) is 10.2 Å². The monoisotopic (exact) mass is 192 g/mol. The third-order valence-electron chi connectivity index (χ3n) is 2.69. The van der Waals surface area contributed by atoms with Crippen molar-refractivity contribution in [3.63, 3.8) is 0 Å². The molecule has 0 aliphatic carbocycles. The number of nitrogens with one attached hydrogen (secondary N) is 1. The molecule has 0 aliphatic rings. The molecule has 14 heavy (non-hydrogen) atoms. The Bertz CT molecular complexity index is 297. The summed E-state index contributed by atoms with van der Waals surface area (Å²) in [6, 6.07) is 2.09. The average Bonchev–Trinajstić information content (AvgIpc) is 2.63. The van der Waals surface area contributed by atoms with Gasteiger partial charge in [0.1, 0.15) is 0 Å². The highest BCUT2D eigenvalue weighted by atomic mass is 15.1. The summed E-state index contributed by atoms with van der Waals surface area (Å²) >= 11 is 0. The standard InChI is InChI=1S/C12H20N2/c1-5-7-8-12(3,4)11-9-10(6-2)13-14-11/h6,9H,2,5,7-8H2,1,3-4H3,(H,13,14). The number of hydrogen-bond acceptors (Lipinski definition) is 1. The van der Waals surface area contributed by atoms with Crippen molar-refractivity contribution in [2.75, 3.05) is 0 Å². The Kier molecular flexibility index (Phi) is 3.50. The van der Waals surface area contributed by atoms with Crippen molar-refractivity contribution in [2.24, 2.45) is 0 Å². The summed E-state index contributed by atoms with van der Waals surface area (Å²) < 4.78 is 0. The van der Waals surface area contributed by atoms with E-state index in [4.69, 9.17) is 0 Å². The molecule has 1 rings (SSSR count). The molecule has 1 heterocycles.